The summed E-state index contributed by atoms with van der Waals surface area (Å²) in [6.45, 7) is 8.25. The SMILES string of the molecule is CC(C)(C)NC(=O)CN1CCCN(S(=O)(=O)c2ccc3ccccc3c2)CC1. The number of rotatable bonds is 4. The second-order valence-electron chi connectivity index (χ2n) is 8.34. The van der Waals surface area contributed by atoms with Gasteiger partial charge < -0.3 is 5.32 Å². The number of carbonyl (C=O) groups is 1. The monoisotopic (exact) mass is 403 g/mol. The van der Waals surface area contributed by atoms with E-state index in [2.05, 4.69) is 5.32 Å². The van der Waals surface area contributed by atoms with Crippen molar-refractivity contribution in [2.45, 2.75) is 37.6 Å². The molecule has 28 heavy (non-hydrogen) atoms. The van der Waals surface area contributed by atoms with Crippen LogP contribution in [0.25, 0.3) is 10.8 Å². The predicted molar refractivity (Wildman–Crippen MR) is 112 cm³/mol. The molecule has 6 nitrogen and oxygen atoms in total. The Bertz CT molecular complexity index is 951. The van der Waals surface area contributed by atoms with Gasteiger partial charge in [0.05, 0.1) is 11.4 Å². The number of carbonyl (C=O) groups excluding carboxylic acids is 1. The molecule has 0 aliphatic carbocycles. The molecule has 1 N–H and O–H groups in total. The number of nitrogens with one attached hydrogen (secondary N) is 1. The minimum Gasteiger partial charge on any atom is -0.350 e. The van der Waals surface area contributed by atoms with Gasteiger partial charge in [0, 0.05) is 25.2 Å². The summed E-state index contributed by atoms with van der Waals surface area (Å²) in [7, 11) is -3.55. The average Bonchev–Trinajstić information content (AvgIpc) is 2.85. The normalized spacial score (nSPS) is 17.4. The van der Waals surface area contributed by atoms with Crippen molar-refractivity contribution in [3.8, 4) is 0 Å². The van der Waals surface area contributed by atoms with Gasteiger partial charge in [0.15, 0.2) is 0 Å². The number of hydrogen-bond donors (Lipinski definition) is 1. The number of benzene rings is 2. The van der Waals surface area contributed by atoms with Gasteiger partial charge in [0.25, 0.3) is 0 Å². The highest BCUT2D eigenvalue weighted by Gasteiger charge is 2.28. The maximum atomic E-state index is 13.1. The number of hydrogen-bond acceptors (Lipinski definition) is 4. The van der Waals surface area contributed by atoms with Crippen LogP contribution in [0.3, 0.4) is 0 Å². The molecule has 152 valence electrons. The standard InChI is InChI=1S/C21H29N3O3S/c1-21(2,3)22-20(25)16-23-11-6-12-24(14-13-23)28(26,27)19-10-9-17-7-4-5-8-18(17)15-19/h4-5,7-10,15H,6,11-14,16H2,1-3H3,(H,22,25). The Morgan fingerprint density at radius 1 is 1.00 bits per heavy atom. The summed E-state index contributed by atoms with van der Waals surface area (Å²) in [4.78, 5) is 14.5. The maximum Gasteiger partial charge on any atom is 0.243 e. The first-order chi connectivity index (χ1) is 13.1. The van der Waals surface area contributed by atoms with E-state index in [0.29, 0.717) is 44.0 Å². The van der Waals surface area contributed by atoms with Crippen LogP contribution >= 0.6 is 0 Å². The second-order valence-corrected chi connectivity index (χ2v) is 10.3. The lowest BCUT2D eigenvalue weighted by atomic mass is 10.1. The van der Waals surface area contributed by atoms with E-state index in [4.69, 9.17) is 0 Å². The van der Waals surface area contributed by atoms with E-state index in [9.17, 15) is 13.2 Å². The van der Waals surface area contributed by atoms with Gasteiger partial charge in [-0.1, -0.05) is 30.3 Å². The lowest BCUT2D eigenvalue weighted by Crippen LogP contribution is -2.46. The Hall–Kier alpha value is -1.96. The molecular weight excluding hydrogens is 374 g/mol. The van der Waals surface area contributed by atoms with Crippen molar-refractivity contribution in [3.05, 3.63) is 42.5 Å². The fraction of sp³-hybridized carbons (Fsp3) is 0.476. The van der Waals surface area contributed by atoms with Gasteiger partial charge in [0.2, 0.25) is 15.9 Å². The number of fused-ring (bicyclic) bond motifs is 1. The summed E-state index contributed by atoms with van der Waals surface area (Å²) in [5.41, 5.74) is -0.269. The molecule has 1 saturated heterocycles. The Balaban J connectivity index is 1.69. The van der Waals surface area contributed by atoms with Crippen LogP contribution in [0.5, 0.6) is 0 Å². The van der Waals surface area contributed by atoms with Gasteiger partial charge in [-0.15, -0.1) is 0 Å². The van der Waals surface area contributed by atoms with Crippen molar-refractivity contribution in [3.63, 3.8) is 0 Å². The molecule has 2 aromatic carbocycles. The van der Waals surface area contributed by atoms with Crippen LogP contribution in [0, 0.1) is 0 Å². The largest absolute Gasteiger partial charge is 0.350 e. The van der Waals surface area contributed by atoms with Crippen molar-refractivity contribution in [2.24, 2.45) is 0 Å². The van der Waals surface area contributed by atoms with Crippen LogP contribution in [0.4, 0.5) is 0 Å². The van der Waals surface area contributed by atoms with E-state index in [1.54, 1.807) is 16.4 Å². The van der Waals surface area contributed by atoms with Gasteiger partial charge in [-0.2, -0.15) is 4.31 Å². The summed E-state index contributed by atoms with van der Waals surface area (Å²) >= 11 is 0. The van der Waals surface area contributed by atoms with Gasteiger partial charge in [0.1, 0.15) is 0 Å². The number of sulfonamides is 1. The molecule has 7 heteroatoms. The smallest absolute Gasteiger partial charge is 0.243 e. The van der Waals surface area contributed by atoms with Crippen molar-refractivity contribution in [2.75, 3.05) is 32.7 Å². The average molecular weight is 404 g/mol. The third kappa shape index (κ3) is 5.10. The first kappa shape index (κ1) is 20.8. The molecule has 1 fully saturated rings. The Labute approximate surface area is 167 Å². The van der Waals surface area contributed by atoms with Crippen LogP contribution < -0.4 is 5.32 Å². The molecule has 0 spiro atoms. The lowest BCUT2D eigenvalue weighted by molar-refractivity contribution is -0.123. The fourth-order valence-electron chi connectivity index (χ4n) is 3.48. The van der Waals surface area contributed by atoms with E-state index >= 15 is 0 Å². The minimum absolute atomic E-state index is 0.0293. The summed E-state index contributed by atoms with van der Waals surface area (Å²) in [6.07, 6.45) is 0.704. The first-order valence-electron chi connectivity index (χ1n) is 9.67. The molecule has 1 aliphatic rings. The quantitative estimate of drug-likeness (QED) is 0.851. The molecule has 1 aliphatic heterocycles. The summed E-state index contributed by atoms with van der Waals surface area (Å²) in [6, 6.07) is 13.0. The maximum absolute atomic E-state index is 13.1. The zero-order chi connectivity index (χ0) is 20.4. The summed E-state index contributed by atoms with van der Waals surface area (Å²) in [5.74, 6) is -0.0293. The van der Waals surface area contributed by atoms with E-state index in [1.807, 2.05) is 56.0 Å². The molecule has 0 radical (unpaired) electrons. The first-order valence-corrected chi connectivity index (χ1v) is 11.1. The molecule has 1 amide bonds. The van der Waals surface area contributed by atoms with E-state index < -0.39 is 10.0 Å². The number of amides is 1. The van der Waals surface area contributed by atoms with Gasteiger partial charge in [-0.05, 0) is 56.6 Å². The molecule has 0 aromatic heterocycles. The van der Waals surface area contributed by atoms with Gasteiger partial charge in [-0.25, -0.2) is 8.42 Å². The van der Waals surface area contributed by atoms with Crippen LogP contribution in [0.2, 0.25) is 0 Å². The lowest BCUT2D eigenvalue weighted by Gasteiger charge is -2.25. The molecular formula is C21H29N3O3S. The van der Waals surface area contributed by atoms with Crippen molar-refractivity contribution in [1.82, 2.24) is 14.5 Å². The van der Waals surface area contributed by atoms with Crippen LogP contribution in [0.1, 0.15) is 27.2 Å². The highest BCUT2D eigenvalue weighted by Crippen LogP contribution is 2.22. The zero-order valence-electron chi connectivity index (χ0n) is 16.8. The summed E-state index contributed by atoms with van der Waals surface area (Å²) in [5, 5.41) is 4.90. The highest BCUT2D eigenvalue weighted by atomic mass is 32.2. The van der Waals surface area contributed by atoms with Crippen molar-refractivity contribution >= 4 is 26.7 Å². The van der Waals surface area contributed by atoms with E-state index in [1.165, 1.54) is 0 Å². The topological polar surface area (TPSA) is 69.7 Å². The van der Waals surface area contributed by atoms with Crippen LogP contribution in [0.15, 0.2) is 47.4 Å². The highest BCUT2D eigenvalue weighted by molar-refractivity contribution is 7.89. The van der Waals surface area contributed by atoms with E-state index in [-0.39, 0.29) is 11.4 Å². The molecule has 2 aromatic rings. The Kier molecular flexibility index (Phi) is 6.07. The van der Waals surface area contributed by atoms with Gasteiger partial charge >= 0.3 is 0 Å². The number of nitrogens with zero attached hydrogens (tertiary/aromatic N) is 2. The fourth-order valence-corrected chi connectivity index (χ4v) is 4.99. The summed E-state index contributed by atoms with van der Waals surface area (Å²) < 4.78 is 27.8. The zero-order valence-corrected chi connectivity index (χ0v) is 17.6. The molecule has 1 heterocycles. The third-order valence-corrected chi connectivity index (χ3v) is 6.68. The Morgan fingerprint density at radius 2 is 1.71 bits per heavy atom. The van der Waals surface area contributed by atoms with Crippen molar-refractivity contribution < 1.29 is 13.2 Å². The molecule has 0 saturated carbocycles. The van der Waals surface area contributed by atoms with Crippen LogP contribution in [-0.2, 0) is 14.8 Å². The third-order valence-electron chi connectivity index (χ3n) is 4.79. The predicted octanol–water partition coefficient (Wildman–Crippen LogP) is 2.45. The molecule has 3 rings (SSSR count). The minimum atomic E-state index is -3.55. The molecule has 0 atom stereocenters. The second kappa shape index (κ2) is 8.19. The van der Waals surface area contributed by atoms with Gasteiger partial charge in [-0.3, -0.25) is 9.69 Å². The molecule has 0 bridgehead atoms. The Morgan fingerprint density at radius 3 is 2.43 bits per heavy atom. The van der Waals surface area contributed by atoms with Crippen molar-refractivity contribution in [1.29, 1.82) is 0 Å². The van der Waals surface area contributed by atoms with E-state index in [0.717, 1.165) is 10.8 Å². The van der Waals surface area contributed by atoms with Crippen LogP contribution in [-0.4, -0.2) is 61.8 Å². The molecule has 0 unspecified atom stereocenters.